The van der Waals surface area contributed by atoms with Crippen molar-refractivity contribution in [3.63, 3.8) is 0 Å². The van der Waals surface area contributed by atoms with Crippen LogP contribution in [0.4, 0.5) is 5.82 Å². The van der Waals surface area contributed by atoms with Crippen molar-refractivity contribution in [2.75, 3.05) is 5.73 Å². The van der Waals surface area contributed by atoms with Gasteiger partial charge in [-0.1, -0.05) is 6.07 Å². The van der Waals surface area contributed by atoms with E-state index in [4.69, 9.17) is 11.5 Å². The predicted octanol–water partition coefficient (Wildman–Crippen LogP) is -0.214. The number of hydrogen-bond acceptors (Lipinski definition) is 7. The van der Waals surface area contributed by atoms with Gasteiger partial charge in [0.1, 0.15) is 0 Å². The van der Waals surface area contributed by atoms with E-state index in [0.29, 0.717) is 0 Å². The number of aromatic nitrogens is 3. The Kier molecular flexibility index (Phi) is 3.05. The van der Waals surface area contributed by atoms with Gasteiger partial charge in [0.25, 0.3) is 0 Å². The van der Waals surface area contributed by atoms with Crippen LogP contribution in [0.5, 0.6) is 0 Å². The maximum absolute atomic E-state index is 5.58. The van der Waals surface area contributed by atoms with E-state index in [0.717, 1.165) is 5.56 Å². The van der Waals surface area contributed by atoms with Gasteiger partial charge in [0, 0.05) is 18.0 Å². The molecule has 0 unspecified atom stereocenters. The summed E-state index contributed by atoms with van der Waals surface area (Å²) < 4.78 is 4.38. The maximum atomic E-state index is 5.58. The van der Waals surface area contributed by atoms with Crippen molar-refractivity contribution in [1.82, 2.24) is 15.3 Å². The fraction of sp³-hybridized carbons (Fsp3) is 0. The summed E-state index contributed by atoms with van der Waals surface area (Å²) in [7, 11) is 0. The maximum Gasteiger partial charge on any atom is 0.199 e. The minimum absolute atomic E-state index is 0.0314. The molecule has 8 nitrogen and oxygen atoms in total. The van der Waals surface area contributed by atoms with Crippen molar-refractivity contribution in [2.24, 2.45) is 15.9 Å². The average molecular weight is 231 g/mol. The molecule has 0 aliphatic heterocycles. The van der Waals surface area contributed by atoms with Crippen LogP contribution >= 0.6 is 0 Å². The Morgan fingerprint density at radius 3 is 2.94 bits per heavy atom. The summed E-state index contributed by atoms with van der Waals surface area (Å²) >= 11 is 0. The molecule has 0 atom stereocenters. The van der Waals surface area contributed by atoms with Crippen LogP contribution in [0.25, 0.3) is 0 Å². The molecule has 4 N–H and O–H groups in total. The zero-order valence-corrected chi connectivity index (χ0v) is 8.69. The Morgan fingerprint density at radius 1 is 1.41 bits per heavy atom. The molecule has 0 aromatic carbocycles. The van der Waals surface area contributed by atoms with Crippen LogP contribution in [0.15, 0.2) is 39.4 Å². The lowest BCUT2D eigenvalue weighted by atomic mass is 10.3. The second kappa shape index (κ2) is 4.84. The van der Waals surface area contributed by atoms with E-state index < -0.39 is 0 Å². The van der Waals surface area contributed by atoms with Gasteiger partial charge in [0.2, 0.25) is 0 Å². The molecule has 0 fully saturated rings. The summed E-state index contributed by atoms with van der Waals surface area (Å²) in [6.45, 7) is 0. The molecule has 0 spiro atoms. The Morgan fingerprint density at radius 2 is 2.29 bits per heavy atom. The fourth-order valence-electron chi connectivity index (χ4n) is 1.03. The summed E-state index contributed by atoms with van der Waals surface area (Å²) in [5.74, 6) is 0.103. The highest BCUT2D eigenvalue weighted by Gasteiger charge is 2.09. The first-order valence-electron chi connectivity index (χ1n) is 4.62. The molecule has 0 aliphatic carbocycles. The second-order valence-corrected chi connectivity index (χ2v) is 3.01. The molecule has 0 aliphatic rings. The molecule has 17 heavy (non-hydrogen) atoms. The van der Waals surface area contributed by atoms with Crippen molar-refractivity contribution in [1.29, 1.82) is 0 Å². The number of nitrogens with zero attached hydrogens (tertiary/aromatic N) is 5. The molecule has 86 valence electrons. The van der Waals surface area contributed by atoms with Gasteiger partial charge >= 0.3 is 0 Å². The van der Waals surface area contributed by atoms with E-state index in [-0.39, 0.29) is 17.3 Å². The first kappa shape index (κ1) is 10.7. The normalized spacial score (nSPS) is 12.1. The fourth-order valence-corrected chi connectivity index (χ4v) is 1.03. The second-order valence-electron chi connectivity index (χ2n) is 3.01. The highest BCUT2D eigenvalue weighted by atomic mass is 16.6. The smallest absolute Gasteiger partial charge is 0.199 e. The zero-order valence-electron chi connectivity index (χ0n) is 8.69. The number of pyridine rings is 1. The zero-order chi connectivity index (χ0) is 12.1. The standard InChI is InChI=1S/C9H9N7O/c10-8(7-9(11)16-17-15-7)14-13-5-6-2-1-3-12-4-6/h1-5H,(H2,10,14)(H2,11,16). The summed E-state index contributed by atoms with van der Waals surface area (Å²) in [6.07, 6.45) is 4.81. The van der Waals surface area contributed by atoms with Crippen LogP contribution in [-0.2, 0) is 0 Å². The first-order valence-corrected chi connectivity index (χ1v) is 4.62. The Bertz CT molecular complexity index is 545. The van der Waals surface area contributed by atoms with Gasteiger partial charge in [-0.05, 0) is 16.4 Å². The predicted molar refractivity (Wildman–Crippen MR) is 61.3 cm³/mol. The van der Waals surface area contributed by atoms with Gasteiger partial charge in [-0.2, -0.15) is 5.10 Å². The molecule has 2 heterocycles. The van der Waals surface area contributed by atoms with E-state index in [2.05, 4.69) is 30.1 Å². The van der Waals surface area contributed by atoms with Crippen LogP contribution in [0.2, 0.25) is 0 Å². The molecular weight excluding hydrogens is 222 g/mol. The molecule has 2 aromatic heterocycles. The lowest BCUT2D eigenvalue weighted by molar-refractivity contribution is 0.308. The van der Waals surface area contributed by atoms with Gasteiger partial charge < -0.3 is 11.5 Å². The van der Waals surface area contributed by atoms with E-state index in [9.17, 15) is 0 Å². The summed E-state index contributed by atoms with van der Waals surface area (Å²) in [5, 5.41) is 14.3. The molecule has 2 aromatic rings. The highest BCUT2D eigenvalue weighted by molar-refractivity contribution is 5.99. The van der Waals surface area contributed by atoms with Gasteiger partial charge in [-0.25, -0.2) is 4.63 Å². The molecule has 0 saturated heterocycles. The van der Waals surface area contributed by atoms with E-state index in [1.807, 2.05) is 6.07 Å². The molecule has 0 bridgehead atoms. The summed E-state index contributed by atoms with van der Waals surface area (Å²) in [5.41, 5.74) is 12.0. The number of anilines is 1. The van der Waals surface area contributed by atoms with Crippen molar-refractivity contribution in [3.05, 3.63) is 35.8 Å². The molecule has 0 saturated carbocycles. The Hall–Kier alpha value is -2.77. The van der Waals surface area contributed by atoms with Crippen LogP contribution in [0.1, 0.15) is 11.3 Å². The Labute approximate surface area is 96.0 Å². The number of rotatable bonds is 3. The van der Waals surface area contributed by atoms with Gasteiger partial charge in [-0.3, -0.25) is 4.98 Å². The highest BCUT2D eigenvalue weighted by Crippen LogP contribution is 2.03. The Balaban J connectivity index is 2.11. The van der Waals surface area contributed by atoms with E-state index >= 15 is 0 Å². The van der Waals surface area contributed by atoms with Gasteiger partial charge in [0.15, 0.2) is 17.3 Å². The summed E-state index contributed by atoms with van der Waals surface area (Å²) in [4.78, 5) is 3.92. The quantitative estimate of drug-likeness (QED) is 0.427. The van der Waals surface area contributed by atoms with Crippen LogP contribution in [0.3, 0.4) is 0 Å². The number of amidine groups is 1. The van der Waals surface area contributed by atoms with Crippen LogP contribution < -0.4 is 11.5 Å². The molecule has 8 heteroatoms. The molecule has 0 radical (unpaired) electrons. The number of nitrogens with two attached hydrogens (primary N) is 2. The number of nitrogen functional groups attached to an aromatic ring is 1. The summed E-state index contributed by atoms with van der Waals surface area (Å²) in [6, 6.07) is 3.61. The largest absolute Gasteiger partial charge is 0.380 e. The lowest BCUT2D eigenvalue weighted by Crippen LogP contribution is -2.15. The monoisotopic (exact) mass is 231 g/mol. The van der Waals surface area contributed by atoms with Crippen molar-refractivity contribution in [3.8, 4) is 0 Å². The molecular formula is C9H9N7O. The molecule has 2 rings (SSSR count). The van der Waals surface area contributed by atoms with Crippen molar-refractivity contribution >= 4 is 17.9 Å². The van der Waals surface area contributed by atoms with E-state index in [1.54, 1.807) is 18.5 Å². The van der Waals surface area contributed by atoms with Gasteiger partial charge in [-0.15, -0.1) is 5.10 Å². The van der Waals surface area contributed by atoms with Gasteiger partial charge in [0.05, 0.1) is 6.21 Å². The third-order valence-electron chi connectivity index (χ3n) is 1.81. The minimum Gasteiger partial charge on any atom is -0.380 e. The van der Waals surface area contributed by atoms with Crippen LogP contribution in [-0.4, -0.2) is 27.3 Å². The van der Waals surface area contributed by atoms with Crippen LogP contribution in [0, 0.1) is 0 Å². The van der Waals surface area contributed by atoms with E-state index in [1.165, 1.54) is 6.21 Å². The third-order valence-corrected chi connectivity index (χ3v) is 1.81. The minimum atomic E-state index is 0.0314. The first-order chi connectivity index (χ1) is 8.27. The third kappa shape index (κ3) is 2.62. The lowest BCUT2D eigenvalue weighted by Gasteiger charge is -1.91. The van der Waals surface area contributed by atoms with Crippen molar-refractivity contribution < 1.29 is 4.63 Å². The number of hydrogen-bond donors (Lipinski definition) is 2. The van der Waals surface area contributed by atoms with Crippen molar-refractivity contribution in [2.45, 2.75) is 0 Å². The average Bonchev–Trinajstić information content (AvgIpc) is 2.77. The topological polar surface area (TPSA) is 129 Å². The SMILES string of the molecule is N/C(=N\N=Cc1cccnc1)c1nonc1N. The molecule has 0 amide bonds.